The number of benzene rings is 4. The third kappa shape index (κ3) is 1.13. The first-order valence-corrected chi connectivity index (χ1v) is 7.47. The van der Waals surface area contributed by atoms with E-state index < -0.39 is 0 Å². The highest BCUT2D eigenvalue weighted by molar-refractivity contribution is 7.17. The van der Waals surface area contributed by atoms with Crippen LogP contribution in [0.1, 0.15) is 0 Å². The summed E-state index contributed by atoms with van der Waals surface area (Å²) in [7, 11) is 0. The van der Waals surface area contributed by atoms with Crippen molar-refractivity contribution in [2.45, 2.75) is 0 Å². The lowest BCUT2D eigenvalue weighted by Gasteiger charge is -2.12. The van der Waals surface area contributed by atoms with Gasteiger partial charge in [-0.3, -0.25) is 0 Å². The number of hydrogen-bond acceptors (Lipinski definition) is 2. The van der Waals surface area contributed by atoms with Gasteiger partial charge in [0.1, 0.15) is 5.75 Å². The molecule has 1 nitrogen and oxygen atoms in total. The predicted molar refractivity (Wildman–Crippen MR) is 87.2 cm³/mol. The summed E-state index contributed by atoms with van der Waals surface area (Å²) in [6, 6.07) is 16.7. The molecule has 0 radical (unpaired) electrons. The highest BCUT2D eigenvalue weighted by Gasteiger charge is 2.12. The van der Waals surface area contributed by atoms with E-state index in [0.717, 1.165) is 5.39 Å². The minimum absolute atomic E-state index is 0.359. The maximum atomic E-state index is 10.1. The fourth-order valence-electron chi connectivity index (χ4n) is 3.30. The summed E-state index contributed by atoms with van der Waals surface area (Å²) in [4.78, 5) is 0. The first kappa shape index (κ1) is 10.5. The second-order valence-electron chi connectivity index (χ2n) is 5.22. The van der Waals surface area contributed by atoms with E-state index in [9.17, 15) is 5.11 Å². The molecular weight excluding hydrogens is 264 g/mol. The summed E-state index contributed by atoms with van der Waals surface area (Å²) in [5.74, 6) is 0.359. The lowest BCUT2D eigenvalue weighted by Crippen LogP contribution is -1.84. The summed E-state index contributed by atoms with van der Waals surface area (Å²) < 4.78 is 1.32. The molecule has 0 unspecified atom stereocenters. The van der Waals surface area contributed by atoms with Gasteiger partial charge in [0.05, 0.1) is 0 Å². The monoisotopic (exact) mass is 274 g/mol. The van der Waals surface area contributed by atoms with Gasteiger partial charge >= 0.3 is 0 Å². The average molecular weight is 274 g/mol. The molecule has 0 bridgehead atoms. The van der Waals surface area contributed by atoms with Crippen molar-refractivity contribution in [1.29, 1.82) is 0 Å². The van der Waals surface area contributed by atoms with E-state index in [0.29, 0.717) is 5.75 Å². The van der Waals surface area contributed by atoms with Crippen molar-refractivity contribution >= 4 is 53.7 Å². The van der Waals surface area contributed by atoms with Gasteiger partial charge in [0, 0.05) is 20.9 Å². The lowest BCUT2D eigenvalue weighted by molar-refractivity contribution is 0.482. The molecule has 1 heterocycles. The van der Waals surface area contributed by atoms with E-state index in [4.69, 9.17) is 0 Å². The average Bonchev–Trinajstić information content (AvgIpc) is 2.94. The van der Waals surface area contributed by atoms with Crippen molar-refractivity contribution in [2.75, 3.05) is 0 Å². The molecule has 1 N–H and O–H groups in total. The van der Waals surface area contributed by atoms with Gasteiger partial charge < -0.3 is 5.11 Å². The quantitative estimate of drug-likeness (QED) is 0.369. The predicted octanol–water partition coefficient (Wildman–Crippen LogP) is 5.50. The maximum absolute atomic E-state index is 10.1. The number of phenolic OH excluding ortho intramolecular Hbond substituents is 1. The zero-order valence-corrected chi connectivity index (χ0v) is 11.4. The first-order valence-electron chi connectivity index (χ1n) is 6.59. The largest absolute Gasteiger partial charge is 0.507 e. The fourth-order valence-corrected chi connectivity index (χ4v) is 4.15. The van der Waals surface area contributed by atoms with Gasteiger partial charge in [0.25, 0.3) is 0 Å². The first-order chi connectivity index (χ1) is 9.83. The SMILES string of the molecule is Oc1ccc2ccc3cc4sccc4c4ccc1c2c34. The maximum Gasteiger partial charge on any atom is 0.123 e. The summed E-state index contributed by atoms with van der Waals surface area (Å²) in [6.07, 6.45) is 0. The van der Waals surface area contributed by atoms with E-state index in [1.54, 1.807) is 17.4 Å². The number of aromatic hydroxyl groups is 1. The molecule has 0 amide bonds. The molecule has 0 aliphatic carbocycles. The summed E-state index contributed by atoms with van der Waals surface area (Å²) in [6.45, 7) is 0. The van der Waals surface area contributed by atoms with Crippen LogP contribution >= 0.6 is 11.3 Å². The molecule has 0 saturated heterocycles. The van der Waals surface area contributed by atoms with Crippen LogP contribution in [0.15, 0.2) is 53.9 Å². The molecule has 0 spiro atoms. The highest BCUT2D eigenvalue weighted by Crippen LogP contribution is 2.41. The van der Waals surface area contributed by atoms with Crippen LogP contribution in [0.4, 0.5) is 0 Å². The third-order valence-electron chi connectivity index (χ3n) is 4.19. The van der Waals surface area contributed by atoms with Crippen molar-refractivity contribution < 1.29 is 5.11 Å². The van der Waals surface area contributed by atoms with Crippen molar-refractivity contribution in [3.05, 3.63) is 53.9 Å². The highest BCUT2D eigenvalue weighted by atomic mass is 32.1. The van der Waals surface area contributed by atoms with E-state index in [2.05, 4.69) is 35.7 Å². The summed E-state index contributed by atoms with van der Waals surface area (Å²) >= 11 is 1.78. The van der Waals surface area contributed by atoms with Gasteiger partial charge in [0.2, 0.25) is 0 Å². The van der Waals surface area contributed by atoms with Gasteiger partial charge in [-0.25, -0.2) is 0 Å². The van der Waals surface area contributed by atoms with Crippen molar-refractivity contribution in [2.24, 2.45) is 0 Å². The Hall–Kier alpha value is -2.32. The molecule has 0 atom stereocenters. The second kappa shape index (κ2) is 3.41. The molecule has 0 fully saturated rings. The molecule has 0 aliphatic rings. The Kier molecular flexibility index (Phi) is 1.78. The van der Waals surface area contributed by atoms with E-state index in [-0.39, 0.29) is 0 Å². The smallest absolute Gasteiger partial charge is 0.123 e. The molecular formula is C18H10OS. The summed E-state index contributed by atoms with van der Waals surface area (Å²) in [5.41, 5.74) is 0. The molecule has 2 heteroatoms. The third-order valence-corrected chi connectivity index (χ3v) is 5.06. The molecule has 4 aromatic carbocycles. The van der Waals surface area contributed by atoms with Crippen molar-refractivity contribution in [3.63, 3.8) is 0 Å². The molecule has 5 rings (SSSR count). The van der Waals surface area contributed by atoms with E-state index in [1.807, 2.05) is 12.1 Å². The van der Waals surface area contributed by atoms with E-state index >= 15 is 0 Å². The number of fused-ring (bicyclic) bond motifs is 2. The Balaban J connectivity index is 2.25. The van der Waals surface area contributed by atoms with Crippen LogP contribution in [0, 0.1) is 0 Å². The van der Waals surface area contributed by atoms with Gasteiger partial charge in [-0.05, 0) is 51.2 Å². The molecule has 0 aliphatic heterocycles. The van der Waals surface area contributed by atoms with Crippen LogP contribution in [0.3, 0.4) is 0 Å². The minimum Gasteiger partial charge on any atom is -0.507 e. The molecule has 94 valence electrons. The second-order valence-corrected chi connectivity index (χ2v) is 6.16. The molecule has 1 aromatic heterocycles. The standard InChI is InChI=1S/C18H10OS/c19-15-6-3-10-1-2-11-9-16-12(7-8-20-16)13-4-5-14(15)17(10)18(11)13/h1-9,19H. The number of thiophene rings is 1. The van der Waals surface area contributed by atoms with Crippen LogP contribution in [0.5, 0.6) is 5.75 Å². The lowest BCUT2D eigenvalue weighted by atomic mass is 9.92. The van der Waals surface area contributed by atoms with Crippen LogP contribution in [-0.4, -0.2) is 5.11 Å². The van der Waals surface area contributed by atoms with Crippen LogP contribution < -0.4 is 0 Å². The van der Waals surface area contributed by atoms with Gasteiger partial charge in [0.15, 0.2) is 0 Å². The Morgan fingerprint density at radius 2 is 1.45 bits per heavy atom. The Morgan fingerprint density at radius 1 is 0.700 bits per heavy atom. The normalized spacial score (nSPS) is 12.2. The zero-order chi connectivity index (χ0) is 13.3. The number of hydrogen-bond donors (Lipinski definition) is 1. The van der Waals surface area contributed by atoms with E-state index in [1.165, 1.54) is 37.0 Å². The zero-order valence-electron chi connectivity index (χ0n) is 10.6. The van der Waals surface area contributed by atoms with Gasteiger partial charge in [-0.15, -0.1) is 11.3 Å². The van der Waals surface area contributed by atoms with Crippen LogP contribution in [0.2, 0.25) is 0 Å². The topological polar surface area (TPSA) is 20.2 Å². The fraction of sp³-hybridized carbons (Fsp3) is 0. The van der Waals surface area contributed by atoms with Crippen LogP contribution in [-0.2, 0) is 0 Å². The number of phenols is 1. The molecule has 0 saturated carbocycles. The molecule has 5 aromatic rings. The van der Waals surface area contributed by atoms with Crippen LogP contribution in [0.25, 0.3) is 42.4 Å². The molecule has 20 heavy (non-hydrogen) atoms. The number of rotatable bonds is 0. The van der Waals surface area contributed by atoms with Crippen molar-refractivity contribution in [1.82, 2.24) is 0 Å². The van der Waals surface area contributed by atoms with Crippen molar-refractivity contribution in [3.8, 4) is 5.75 Å². The Morgan fingerprint density at radius 3 is 2.40 bits per heavy atom. The van der Waals surface area contributed by atoms with Gasteiger partial charge in [-0.2, -0.15) is 0 Å². The Labute approximate surface area is 119 Å². The summed E-state index contributed by atoms with van der Waals surface area (Å²) in [5, 5.41) is 20.7. The Bertz CT molecular complexity index is 1100. The van der Waals surface area contributed by atoms with Gasteiger partial charge in [-0.1, -0.05) is 24.3 Å². The minimum atomic E-state index is 0.359.